The summed E-state index contributed by atoms with van der Waals surface area (Å²) in [6, 6.07) is 4.11. The zero-order chi connectivity index (χ0) is 13.1. The van der Waals surface area contributed by atoms with Crippen LogP contribution < -0.4 is 0 Å². The monoisotopic (exact) mass is 285 g/mol. The molecule has 0 N–H and O–H groups in total. The van der Waals surface area contributed by atoms with Gasteiger partial charge in [-0.3, -0.25) is 9.69 Å². The van der Waals surface area contributed by atoms with Gasteiger partial charge in [0.2, 0.25) is 0 Å². The Morgan fingerprint density at radius 3 is 2.89 bits per heavy atom. The van der Waals surface area contributed by atoms with E-state index in [1.54, 1.807) is 6.07 Å². The number of halogens is 1. The average molecular weight is 286 g/mol. The van der Waals surface area contributed by atoms with Gasteiger partial charge in [-0.15, -0.1) is 11.3 Å². The first-order chi connectivity index (χ1) is 8.59. The summed E-state index contributed by atoms with van der Waals surface area (Å²) in [4.78, 5) is 15.6. The quantitative estimate of drug-likeness (QED) is 0.774. The molecule has 0 radical (unpaired) electrons. The SMILES string of the molecule is CC1CCCCCN1C(C)C(=O)c1ccc(Cl)s1. The van der Waals surface area contributed by atoms with Crippen molar-refractivity contribution < 1.29 is 4.79 Å². The van der Waals surface area contributed by atoms with E-state index in [0.717, 1.165) is 11.4 Å². The van der Waals surface area contributed by atoms with Crippen LogP contribution in [0.25, 0.3) is 0 Å². The van der Waals surface area contributed by atoms with Crippen LogP contribution in [-0.4, -0.2) is 29.3 Å². The van der Waals surface area contributed by atoms with Gasteiger partial charge in [-0.2, -0.15) is 0 Å². The second-order valence-electron chi connectivity index (χ2n) is 5.08. The normalized spacial score (nSPS) is 23.6. The van der Waals surface area contributed by atoms with E-state index in [0.29, 0.717) is 10.4 Å². The van der Waals surface area contributed by atoms with E-state index in [2.05, 4.69) is 11.8 Å². The largest absolute Gasteiger partial charge is 0.291 e. The first kappa shape index (κ1) is 14.0. The van der Waals surface area contributed by atoms with Gasteiger partial charge >= 0.3 is 0 Å². The van der Waals surface area contributed by atoms with Gasteiger partial charge in [-0.05, 0) is 45.4 Å². The van der Waals surface area contributed by atoms with E-state index in [1.165, 1.54) is 37.0 Å². The van der Waals surface area contributed by atoms with Crippen molar-refractivity contribution in [3.8, 4) is 0 Å². The van der Waals surface area contributed by atoms with E-state index in [4.69, 9.17) is 11.6 Å². The molecule has 0 aromatic carbocycles. The standard InChI is InChI=1S/C14H20ClNOS/c1-10-6-4-3-5-9-16(10)11(2)14(17)12-7-8-13(15)18-12/h7-8,10-11H,3-6,9H2,1-2H3. The summed E-state index contributed by atoms with van der Waals surface area (Å²) in [5.74, 6) is 0.209. The van der Waals surface area contributed by atoms with Crippen LogP contribution in [0.4, 0.5) is 0 Å². The minimum Gasteiger partial charge on any atom is -0.291 e. The number of Topliss-reactive ketones (excluding diaryl/α,β-unsaturated/α-hetero) is 1. The number of ketones is 1. The van der Waals surface area contributed by atoms with E-state index in [9.17, 15) is 4.79 Å². The van der Waals surface area contributed by atoms with Gasteiger partial charge in [-0.1, -0.05) is 24.4 Å². The second kappa shape index (κ2) is 6.18. The lowest BCUT2D eigenvalue weighted by molar-refractivity contribution is 0.0784. The topological polar surface area (TPSA) is 20.3 Å². The summed E-state index contributed by atoms with van der Waals surface area (Å²) in [5, 5.41) is 0. The van der Waals surface area contributed by atoms with Crippen molar-refractivity contribution in [2.45, 2.75) is 51.6 Å². The van der Waals surface area contributed by atoms with Crippen LogP contribution in [0.2, 0.25) is 4.34 Å². The highest BCUT2D eigenvalue weighted by atomic mass is 35.5. The summed E-state index contributed by atoms with van der Waals surface area (Å²) >= 11 is 7.29. The van der Waals surface area contributed by atoms with Crippen LogP contribution in [0, 0.1) is 0 Å². The van der Waals surface area contributed by atoms with E-state index in [1.807, 2.05) is 13.0 Å². The Morgan fingerprint density at radius 2 is 2.22 bits per heavy atom. The number of carbonyl (C=O) groups excluding carboxylic acids is 1. The molecule has 0 bridgehead atoms. The molecule has 1 saturated heterocycles. The number of hydrogen-bond acceptors (Lipinski definition) is 3. The molecule has 2 atom stereocenters. The molecule has 1 aliphatic heterocycles. The molecule has 0 saturated carbocycles. The lowest BCUT2D eigenvalue weighted by Gasteiger charge is -2.31. The number of likely N-dealkylation sites (tertiary alicyclic amines) is 1. The maximum atomic E-state index is 12.4. The molecule has 2 rings (SSSR count). The van der Waals surface area contributed by atoms with E-state index >= 15 is 0 Å². The first-order valence-electron chi connectivity index (χ1n) is 6.65. The summed E-state index contributed by atoms with van der Waals surface area (Å²) in [7, 11) is 0. The Kier molecular flexibility index (Phi) is 4.82. The highest BCUT2D eigenvalue weighted by Crippen LogP contribution is 2.26. The Labute approximate surface area is 118 Å². The second-order valence-corrected chi connectivity index (χ2v) is 6.80. The molecule has 0 aliphatic carbocycles. The molecule has 4 heteroatoms. The van der Waals surface area contributed by atoms with Gasteiger partial charge in [0.1, 0.15) is 0 Å². The molecule has 2 heterocycles. The summed E-state index contributed by atoms with van der Waals surface area (Å²) < 4.78 is 0.689. The third-order valence-corrected chi connectivity index (χ3v) is 5.04. The fourth-order valence-electron chi connectivity index (χ4n) is 2.68. The maximum absolute atomic E-state index is 12.4. The van der Waals surface area contributed by atoms with Crippen molar-refractivity contribution in [3.63, 3.8) is 0 Å². The van der Waals surface area contributed by atoms with Crippen molar-refractivity contribution >= 4 is 28.7 Å². The lowest BCUT2D eigenvalue weighted by atomic mass is 10.1. The van der Waals surface area contributed by atoms with Crippen molar-refractivity contribution in [1.82, 2.24) is 4.90 Å². The smallest absolute Gasteiger partial charge is 0.189 e. The van der Waals surface area contributed by atoms with Crippen LogP contribution >= 0.6 is 22.9 Å². The molecule has 1 aromatic heterocycles. The maximum Gasteiger partial charge on any atom is 0.189 e. The van der Waals surface area contributed by atoms with Crippen molar-refractivity contribution in [2.75, 3.05) is 6.54 Å². The van der Waals surface area contributed by atoms with E-state index in [-0.39, 0.29) is 11.8 Å². The fourth-order valence-corrected chi connectivity index (χ4v) is 3.74. The third kappa shape index (κ3) is 3.14. The van der Waals surface area contributed by atoms with Crippen LogP contribution in [0.5, 0.6) is 0 Å². The third-order valence-electron chi connectivity index (χ3n) is 3.80. The highest BCUT2D eigenvalue weighted by Gasteiger charge is 2.27. The lowest BCUT2D eigenvalue weighted by Crippen LogP contribution is -2.44. The number of hydrogen-bond donors (Lipinski definition) is 0. The molecular formula is C14H20ClNOS. The highest BCUT2D eigenvalue weighted by molar-refractivity contribution is 7.18. The van der Waals surface area contributed by atoms with Crippen LogP contribution in [0.15, 0.2) is 12.1 Å². The molecule has 18 heavy (non-hydrogen) atoms. The Bertz CT molecular complexity index is 418. The van der Waals surface area contributed by atoms with Crippen LogP contribution in [0.3, 0.4) is 0 Å². The Hall–Kier alpha value is -0.380. The summed E-state index contributed by atoms with van der Waals surface area (Å²) in [6.07, 6.45) is 4.96. The van der Waals surface area contributed by atoms with Gasteiger partial charge in [0.05, 0.1) is 15.3 Å². The molecule has 1 fully saturated rings. The zero-order valence-corrected chi connectivity index (χ0v) is 12.6. The average Bonchev–Trinajstić information content (AvgIpc) is 2.66. The molecule has 1 aliphatic rings. The van der Waals surface area contributed by atoms with Gasteiger partial charge in [0.25, 0.3) is 0 Å². The number of nitrogens with zero attached hydrogens (tertiary/aromatic N) is 1. The summed E-state index contributed by atoms with van der Waals surface area (Å²) in [6.45, 7) is 5.29. The molecule has 0 spiro atoms. The number of carbonyl (C=O) groups is 1. The Morgan fingerprint density at radius 1 is 1.44 bits per heavy atom. The van der Waals surface area contributed by atoms with Crippen molar-refractivity contribution in [3.05, 3.63) is 21.3 Å². The first-order valence-corrected chi connectivity index (χ1v) is 7.84. The molecule has 0 amide bonds. The van der Waals surface area contributed by atoms with Crippen LogP contribution in [-0.2, 0) is 0 Å². The molecule has 2 unspecified atom stereocenters. The number of thiophene rings is 1. The van der Waals surface area contributed by atoms with Gasteiger partial charge in [0, 0.05) is 6.04 Å². The summed E-state index contributed by atoms with van der Waals surface area (Å²) in [5.41, 5.74) is 0. The Balaban J connectivity index is 2.09. The predicted octanol–water partition coefficient (Wildman–Crippen LogP) is 4.24. The number of rotatable bonds is 3. The minimum absolute atomic E-state index is 0.0344. The molecular weight excluding hydrogens is 266 g/mol. The molecule has 2 nitrogen and oxygen atoms in total. The van der Waals surface area contributed by atoms with Crippen molar-refractivity contribution in [2.24, 2.45) is 0 Å². The van der Waals surface area contributed by atoms with Gasteiger partial charge in [0.15, 0.2) is 5.78 Å². The fraction of sp³-hybridized carbons (Fsp3) is 0.643. The zero-order valence-electron chi connectivity index (χ0n) is 11.0. The minimum atomic E-state index is -0.0344. The van der Waals surface area contributed by atoms with Crippen molar-refractivity contribution in [1.29, 1.82) is 0 Å². The van der Waals surface area contributed by atoms with Crippen LogP contribution in [0.1, 0.15) is 49.2 Å². The van der Waals surface area contributed by atoms with E-state index < -0.39 is 0 Å². The molecule has 100 valence electrons. The van der Waals surface area contributed by atoms with Gasteiger partial charge in [-0.25, -0.2) is 0 Å². The predicted molar refractivity (Wildman–Crippen MR) is 77.8 cm³/mol. The molecule has 1 aromatic rings. The van der Waals surface area contributed by atoms with Gasteiger partial charge < -0.3 is 0 Å².